The number of benzene rings is 4. The van der Waals surface area contributed by atoms with Gasteiger partial charge in [0.15, 0.2) is 5.78 Å². The van der Waals surface area contributed by atoms with E-state index in [1.807, 2.05) is 97.9 Å². The number of carbonyl (C=O) groups is 3. The number of carboxylic acid groups (broad SMARTS) is 1. The van der Waals surface area contributed by atoms with E-state index in [0.717, 1.165) is 27.9 Å². The Hall–Kier alpha value is -4.71. The van der Waals surface area contributed by atoms with Gasteiger partial charge in [-0.1, -0.05) is 84.9 Å². The largest absolute Gasteiger partial charge is 0.481 e. The number of anilines is 2. The lowest BCUT2D eigenvalue weighted by atomic mass is 9.92. The Morgan fingerprint density at radius 1 is 0.737 bits per heavy atom. The smallest absolute Gasteiger partial charge is 0.323 e. The summed E-state index contributed by atoms with van der Waals surface area (Å²) in [6.45, 7) is 1.93. The molecular weight excluding hydrogens is 476 g/mol. The van der Waals surface area contributed by atoms with Gasteiger partial charge in [-0.3, -0.25) is 9.59 Å². The number of amides is 2. The molecule has 3 N–H and O–H groups in total. The van der Waals surface area contributed by atoms with Crippen molar-refractivity contribution in [2.75, 3.05) is 10.6 Å². The average molecular weight is 507 g/mol. The predicted octanol–water partition coefficient (Wildman–Crippen LogP) is 7.21. The van der Waals surface area contributed by atoms with Crippen molar-refractivity contribution in [3.05, 3.63) is 120 Å². The van der Waals surface area contributed by atoms with E-state index in [0.29, 0.717) is 24.1 Å². The lowest BCUT2D eigenvalue weighted by molar-refractivity contribution is -0.141. The number of carboxylic acids is 1. The zero-order valence-corrected chi connectivity index (χ0v) is 21.2. The van der Waals surface area contributed by atoms with Crippen molar-refractivity contribution in [1.82, 2.24) is 0 Å². The fourth-order valence-electron chi connectivity index (χ4n) is 4.23. The van der Waals surface area contributed by atoms with Crippen molar-refractivity contribution in [2.45, 2.75) is 26.2 Å². The fourth-order valence-corrected chi connectivity index (χ4v) is 4.23. The summed E-state index contributed by atoms with van der Waals surface area (Å²) in [5.41, 5.74) is 5.78. The molecule has 0 aromatic heterocycles. The van der Waals surface area contributed by atoms with E-state index >= 15 is 0 Å². The highest BCUT2D eigenvalue weighted by Crippen LogP contribution is 2.24. The van der Waals surface area contributed by atoms with Crippen LogP contribution >= 0.6 is 0 Å². The van der Waals surface area contributed by atoms with Crippen LogP contribution in [-0.4, -0.2) is 22.9 Å². The Morgan fingerprint density at radius 2 is 1.34 bits per heavy atom. The van der Waals surface area contributed by atoms with Crippen molar-refractivity contribution < 1.29 is 19.5 Å². The van der Waals surface area contributed by atoms with Gasteiger partial charge in [-0.05, 0) is 60.2 Å². The molecule has 0 spiro atoms. The van der Waals surface area contributed by atoms with E-state index in [1.165, 1.54) is 0 Å². The Morgan fingerprint density at radius 3 is 1.97 bits per heavy atom. The number of rotatable bonds is 10. The Bertz CT molecular complexity index is 1400. The molecule has 0 saturated carbocycles. The minimum absolute atomic E-state index is 0.0353. The second-order valence-corrected chi connectivity index (χ2v) is 9.24. The van der Waals surface area contributed by atoms with E-state index < -0.39 is 11.9 Å². The zero-order valence-electron chi connectivity index (χ0n) is 21.2. The van der Waals surface area contributed by atoms with Crippen LogP contribution in [0.1, 0.15) is 34.3 Å². The van der Waals surface area contributed by atoms with Gasteiger partial charge in [-0.15, -0.1) is 0 Å². The first kappa shape index (κ1) is 26.4. The van der Waals surface area contributed by atoms with E-state index in [1.54, 1.807) is 12.1 Å². The maximum Gasteiger partial charge on any atom is 0.323 e. The molecule has 6 heteroatoms. The summed E-state index contributed by atoms with van der Waals surface area (Å²) in [6, 6.07) is 31.5. The molecule has 4 aromatic rings. The highest BCUT2D eigenvalue weighted by Gasteiger charge is 2.22. The van der Waals surface area contributed by atoms with Gasteiger partial charge in [0, 0.05) is 23.4 Å². The highest BCUT2D eigenvalue weighted by atomic mass is 16.4. The van der Waals surface area contributed by atoms with Crippen molar-refractivity contribution in [1.29, 1.82) is 0 Å². The van der Waals surface area contributed by atoms with Crippen LogP contribution in [0.2, 0.25) is 0 Å². The van der Waals surface area contributed by atoms with Crippen LogP contribution in [0.4, 0.5) is 16.2 Å². The number of nitrogens with one attached hydrogen (secondary N) is 2. The normalized spacial score (nSPS) is 11.4. The summed E-state index contributed by atoms with van der Waals surface area (Å²) in [7, 11) is 0. The molecule has 0 aliphatic carbocycles. The topological polar surface area (TPSA) is 95.5 Å². The van der Waals surface area contributed by atoms with Crippen LogP contribution in [0.5, 0.6) is 0 Å². The molecule has 0 saturated heterocycles. The monoisotopic (exact) mass is 506 g/mol. The van der Waals surface area contributed by atoms with Gasteiger partial charge in [-0.25, -0.2) is 4.79 Å². The van der Waals surface area contributed by atoms with Crippen molar-refractivity contribution in [2.24, 2.45) is 5.92 Å². The average Bonchev–Trinajstić information content (AvgIpc) is 2.93. The minimum atomic E-state index is -0.952. The second-order valence-electron chi connectivity index (χ2n) is 9.24. The van der Waals surface area contributed by atoms with Gasteiger partial charge in [0.2, 0.25) is 0 Å². The number of hydrogen-bond donors (Lipinski definition) is 3. The molecule has 0 fully saturated rings. The molecule has 4 aromatic carbocycles. The molecule has 38 heavy (non-hydrogen) atoms. The van der Waals surface area contributed by atoms with E-state index in [9.17, 15) is 19.5 Å². The second kappa shape index (κ2) is 12.5. The molecule has 2 amide bonds. The summed E-state index contributed by atoms with van der Waals surface area (Å²) in [5, 5.41) is 15.3. The minimum Gasteiger partial charge on any atom is -0.481 e. The van der Waals surface area contributed by atoms with E-state index in [2.05, 4.69) is 10.6 Å². The Labute approximate surface area is 222 Å². The number of urea groups is 1. The van der Waals surface area contributed by atoms with Crippen molar-refractivity contribution in [3.63, 3.8) is 0 Å². The van der Waals surface area contributed by atoms with Gasteiger partial charge in [0.05, 0.1) is 5.92 Å². The number of Topliss-reactive ketones (excluding diaryl/α,β-unsaturated/α-hetero) is 1. The quantitative estimate of drug-likeness (QED) is 0.198. The molecular formula is C32H30N2O4. The molecule has 4 rings (SSSR count). The van der Waals surface area contributed by atoms with Crippen LogP contribution in [-0.2, 0) is 11.2 Å². The first-order chi connectivity index (χ1) is 18.4. The van der Waals surface area contributed by atoms with Crippen molar-refractivity contribution in [3.8, 4) is 11.1 Å². The van der Waals surface area contributed by atoms with Crippen LogP contribution in [0.3, 0.4) is 0 Å². The zero-order chi connectivity index (χ0) is 26.9. The van der Waals surface area contributed by atoms with Gasteiger partial charge >= 0.3 is 12.0 Å². The number of ketones is 1. The molecule has 0 aliphatic heterocycles. The predicted molar refractivity (Wildman–Crippen MR) is 151 cm³/mol. The Kier molecular flexibility index (Phi) is 8.67. The summed E-state index contributed by atoms with van der Waals surface area (Å²) in [5.74, 6) is -1.87. The number of para-hydroxylation sites is 1. The molecule has 0 bridgehead atoms. The number of aryl methyl sites for hydroxylation is 2. The lowest BCUT2D eigenvalue weighted by Gasteiger charge is -2.12. The molecule has 1 atom stereocenters. The van der Waals surface area contributed by atoms with Gasteiger partial charge in [0.1, 0.15) is 0 Å². The molecule has 0 aliphatic rings. The standard InChI is InChI=1S/C32H30N2O4/c1-22-7-5-6-10-29(22)34-32(38)33-28-19-17-25(18-20-28)24-13-15-26(16-14-24)30(35)21-27(31(36)37)12-11-23-8-3-2-4-9-23/h2-10,13-20,27H,11-12,21H2,1H3,(H,36,37)(H2,33,34,38). The third-order valence-electron chi connectivity index (χ3n) is 6.48. The summed E-state index contributed by atoms with van der Waals surface area (Å²) in [4.78, 5) is 36.9. The number of aliphatic carboxylic acids is 1. The fraction of sp³-hybridized carbons (Fsp3) is 0.156. The Balaban J connectivity index is 1.33. The first-order valence-corrected chi connectivity index (χ1v) is 12.5. The maximum atomic E-state index is 12.8. The molecule has 6 nitrogen and oxygen atoms in total. The maximum absolute atomic E-state index is 12.8. The molecule has 192 valence electrons. The number of hydrogen-bond acceptors (Lipinski definition) is 3. The number of carbonyl (C=O) groups excluding carboxylic acids is 2. The molecule has 0 heterocycles. The summed E-state index contributed by atoms with van der Waals surface area (Å²) < 4.78 is 0. The first-order valence-electron chi connectivity index (χ1n) is 12.5. The van der Waals surface area contributed by atoms with Gasteiger partial charge in [0.25, 0.3) is 0 Å². The van der Waals surface area contributed by atoms with Crippen LogP contribution in [0.15, 0.2) is 103 Å². The van der Waals surface area contributed by atoms with Crippen LogP contribution < -0.4 is 10.6 Å². The molecule has 0 radical (unpaired) electrons. The molecule has 1 unspecified atom stereocenters. The SMILES string of the molecule is Cc1ccccc1NC(=O)Nc1ccc(-c2ccc(C(=O)CC(CCc3ccccc3)C(=O)O)cc2)cc1. The van der Waals surface area contributed by atoms with E-state index in [4.69, 9.17) is 0 Å². The van der Waals surface area contributed by atoms with Crippen LogP contribution in [0.25, 0.3) is 11.1 Å². The lowest BCUT2D eigenvalue weighted by Crippen LogP contribution is -2.19. The van der Waals surface area contributed by atoms with E-state index in [-0.39, 0.29) is 18.2 Å². The van der Waals surface area contributed by atoms with Gasteiger partial charge in [-0.2, -0.15) is 0 Å². The van der Waals surface area contributed by atoms with Gasteiger partial charge < -0.3 is 15.7 Å². The highest BCUT2D eigenvalue weighted by molar-refractivity contribution is 6.00. The summed E-state index contributed by atoms with van der Waals surface area (Å²) >= 11 is 0. The van der Waals surface area contributed by atoms with Crippen LogP contribution in [0, 0.1) is 12.8 Å². The van der Waals surface area contributed by atoms with Crippen molar-refractivity contribution >= 4 is 29.2 Å². The third kappa shape index (κ3) is 7.17. The summed E-state index contributed by atoms with van der Waals surface area (Å²) in [6.07, 6.45) is 0.988. The third-order valence-corrected chi connectivity index (χ3v) is 6.48.